The molecule has 0 saturated heterocycles. The maximum Gasteiger partial charge on any atom is 0.236 e. The largest absolute Gasteiger partial charge is 0.368 e. The van der Waals surface area contributed by atoms with Gasteiger partial charge in [0.25, 0.3) is 0 Å². The van der Waals surface area contributed by atoms with Gasteiger partial charge in [-0.15, -0.1) is 0 Å². The maximum absolute atomic E-state index is 11.2. The van der Waals surface area contributed by atoms with Gasteiger partial charge in [0.15, 0.2) is 0 Å². The minimum absolute atomic E-state index is 0.148. The van der Waals surface area contributed by atoms with E-state index in [0.717, 1.165) is 22.8 Å². The Morgan fingerprint density at radius 3 is 2.62 bits per heavy atom. The van der Waals surface area contributed by atoms with Gasteiger partial charge >= 0.3 is 0 Å². The van der Waals surface area contributed by atoms with Crippen LogP contribution in [0.2, 0.25) is 0 Å². The molecule has 3 N–H and O–H groups in total. The lowest BCUT2D eigenvalue weighted by atomic mass is 10.2. The van der Waals surface area contributed by atoms with Gasteiger partial charge in [-0.2, -0.15) is 5.10 Å². The first kappa shape index (κ1) is 15.1. The number of anilines is 1. The number of nitrogens with one attached hydrogen (secondary N) is 1. The van der Waals surface area contributed by atoms with Crippen LogP contribution in [0.3, 0.4) is 0 Å². The highest BCUT2D eigenvalue weighted by atomic mass is 16.1. The molecule has 6 nitrogen and oxygen atoms in total. The van der Waals surface area contributed by atoms with Gasteiger partial charge in [0.2, 0.25) is 5.91 Å². The molecule has 1 heterocycles. The van der Waals surface area contributed by atoms with Crippen LogP contribution in [-0.2, 0) is 11.3 Å². The molecule has 0 aliphatic carbocycles. The number of carbonyl (C=O) groups is 1. The Morgan fingerprint density at radius 1 is 1.38 bits per heavy atom. The zero-order valence-corrected chi connectivity index (χ0v) is 12.6. The van der Waals surface area contributed by atoms with Crippen LogP contribution < -0.4 is 16.0 Å². The number of carbonyl (C=O) groups excluding carboxylic acids is 1. The summed E-state index contributed by atoms with van der Waals surface area (Å²) in [5.74, 6) is 0.512. The lowest BCUT2D eigenvalue weighted by Crippen LogP contribution is -2.32. The number of hydrogen-bond acceptors (Lipinski definition) is 4. The van der Waals surface area contributed by atoms with Crippen molar-refractivity contribution in [2.75, 3.05) is 25.5 Å². The fraction of sp³-hybridized carbons (Fsp3) is 0.333. The molecule has 0 unspecified atom stereocenters. The van der Waals surface area contributed by atoms with E-state index in [1.165, 1.54) is 0 Å². The zero-order chi connectivity index (χ0) is 15.4. The molecule has 6 heteroatoms. The summed E-state index contributed by atoms with van der Waals surface area (Å²) in [5.41, 5.74) is 8.27. The Hall–Kier alpha value is -2.34. The van der Waals surface area contributed by atoms with Gasteiger partial charge in [-0.05, 0) is 26.1 Å². The van der Waals surface area contributed by atoms with Crippen molar-refractivity contribution < 1.29 is 4.79 Å². The minimum Gasteiger partial charge on any atom is -0.368 e. The average molecular weight is 287 g/mol. The second kappa shape index (κ2) is 6.41. The number of primary amides is 1. The Morgan fingerprint density at radius 2 is 2.05 bits per heavy atom. The summed E-state index contributed by atoms with van der Waals surface area (Å²) in [6.07, 6.45) is 0. The molecule has 0 aliphatic rings. The predicted molar refractivity (Wildman–Crippen MR) is 83.5 cm³/mol. The number of nitrogens with two attached hydrogens (primary N) is 1. The summed E-state index contributed by atoms with van der Waals surface area (Å²) in [6.45, 7) is 2.79. The normalized spacial score (nSPS) is 10.6. The molecule has 1 aromatic heterocycles. The first-order chi connectivity index (χ1) is 10.0. The van der Waals surface area contributed by atoms with Crippen molar-refractivity contribution in [2.45, 2.75) is 13.5 Å². The molecule has 2 rings (SSSR count). The van der Waals surface area contributed by atoms with Crippen LogP contribution in [0.5, 0.6) is 0 Å². The van der Waals surface area contributed by atoms with Gasteiger partial charge in [-0.3, -0.25) is 4.79 Å². The monoisotopic (exact) mass is 287 g/mol. The molecule has 1 amide bonds. The molecular weight excluding hydrogens is 266 g/mol. The molecule has 0 atom stereocenters. The molecular formula is C15H21N5O. The summed E-state index contributed by atoms with van der Waals surface area (Å²) < 4.78 is 1.85. The number of amides is 1. The Bertz CT molecular complexity index is 620. The predicted octanol–water partition coefficient (Wildman–Crippen LogP) is 0.822. The fourth-order valence-electron chi connectivity index (χ4n) is 2.38. The van der Waals surface area contributed by atoms with E-state index in [4.69, 9.17) is 5.73 Å². The standard InChI is InChI=1S/C15H21N5O/c1-11-13(9-17-2)15(19(3)10-14(16)21)20(18-11)12-7-5-4-6-8-12/h4-8,17H,9-10H2,1-3H3,(H2,16,21). The summed E-state index contributed by atoms with van der Waals surface area (Å²) in [6, 6.07) is 9.85. The van der Waals surface area contributed by atoms with Crippen molar-refractivity contribution in [3.05, 3.63) is 41.6 Å². The maximum atomic E-state index is 11.2. The molecule has 0 saturated carbocycles. The molecule has 21 heavy (non-hydrogen) atoms. The van der Waals surface area contributed by atoms with E-state index >= 15 is 0 Å². The van der Waals surface area contributed by atoms with E-state index in [1.807, 2.05) is 60.9 Å². The van der Waals surface area contributed by atoms with Crippen molar-refractivity contribution >= 4 is 11.7 Å². The topological polar surface area (TPSA) is 76.2 Å². The van der Waals surface area contributed by atoms with E-state index in [1.54, 1.807) is 0 Å². The van der Waals surface area contributed by atoms with Crippen LogP contribution in [0.1, 0.15) is 11.3 Å². The van der Waals surface area contributed by atoms with Crippen LogP contribution >= 0.6 is 0 Å². The van der Waals surface area contributed by atoms with Crippen LogP contribution in [0.4, 0.5) is 5.82 Å². The molecule has 2 aromatic rings. The number of para-hydroxylation sites is 1. The van der Waals surface area contributed by atoms with Gasteiger partial charge in [-0.1, -0.05) is 18.2 Å². The van der Waals surface area contributed by atoms with Crippen LogP contribution in [-0.4, -0.2) is 36.3 Å². The number of benzene rings is 1. The lowest BCUT2D eigenvalue weighted by molar-refractivity contribution is -0.116. The first-order valence-electron chi connectivity index (χ1n) is 6.82. The van der Waals surface area contributed by atoms with Gasteiger partial charge in [0, 0.05) is 19.2 Å². The second-order valence-corrected chi connectivity index (χ2v) is 4.99. The smallest absolute Gasteiger partial charge is 0.236 e. The lowest BCUT2D eigenvalue weighted by Gasteiger charge is -2.20. The van der Waals surface area contributed by atoms with Crippen molar-refractivity contribution in [3.63, 3.8) is 0 Å². The van der Waals surface area contributed by atoms with Crippen LogP contribution in [0, 0.1) is 6.92 Å². The molecule has 0 radical (unpaired) electrons. The summed E-state index contributed by atoms with van der Waals surface area (Å²) >= 11 is 0. The van der Waals surface area contributed by atoms with Crippen molar-refractivity contribution in [3.8, 4) is 5.69 Å². The number of hydrogen-bond donors (Lipinski definition) is 2. The van der Waals surface area contributed by atoms with Crippen LogP contribution in [0.25, 0.3) is 5.69 Å². The number of likely N-dealkylation sites (N-methyl/N-ethyl adjacent to an activating group) is 1. The average Bonchev–Trinajstić information content (AvgIpc) is 2.77. The van der Waals surface area contributed by atoms with Crippen LogP contribution in [0.15, 0.2) is 30.3 Å². The molecule has 0 bridgehead atoms. The van der Waals surface area contributed by atoms with Crippen molar-refractivity contribution in [1.82, 2.24) is 15.1 Å². The highest BCUT2D eigenvalue weighted by molar-refractivity contribution is 5.79. The first-order valence-corrected chi connectivity index (χ1v) is 6.82. The Labute approximate surface area is 124 Å². The van der Waals surface area contributed by atoms with E-state index < -0.39 is 0 Å². The number of aryl methyl sites for hydroxylation is 1. The number of nitrogens with zero attached hydrogens (tertiary/aromatic N) is 3. The third-order valence-corrected chi connectivity index (χ3v) is 3.27. The quantitative estimate of drug-likeness (QED) is 0.825. The van der Waals surface area contributed by atoms with E-state index in [9.17, 15) is 4.79 Å². The third-order valence-electron chi connectivity index (χ3n) is 3.27. The highest BCUT2D eigenvalue weighted by Gasteiger charge is 2.20. The number of rotatable bonds is 6. The third kappa shape index (κ3) is 3.22. The van der Waals surface area contributed by atoms with Gasteiger partial charge in [0.05, 0.1) is 17.9 Å². The SMILES string of the molecule is CNCc1c(C)nn(-c2ccccc2)c1N(C)CC(N)=O. The fourth-order valence-corrected chi connectivity index (χ4v) is 2.38. The molecule has 0 spiro atoms. The summed E-state index contributed by atoms with van der Waals surface area (Å²) in [4.78, 5) is 13.1. The van der Waals surface area contributed by atoms with E-state index in [-0.39, 0.29) is 12.5 Å². The molecule has 0 aliphatic heterocycles. The second-order valence-electron chi connectivity index (χ2n) is 4.99. The minimum atomic E-state index is -0.369. The highest BCUT2D eigenvalue weighted by Crippen LogP contribution is 2.26. The Balaban J connectivity index is 2.54. The van der Waals surface area contributed by atoms with Crippen molar-refractivity contribution in [2.24, 2.45) is 5.73 Å². The summed E-state index contributed by atoms with van der Waals surface area (Å²) in [7, 11) is 3.73. The molecule has 112 valence electrons. The van der Waals surface area contributed by atoms with Gasteiger partial charge < -0.3 is 16.0 Å². The van der Waals surface area contributed by atoms with Gasteiger partial charge in [-0.25, -0.2) is 4.68 Å². The Kier molecular flexibility index (Phi) is 4.59. The molecule has 0 fully saturated rings. The zero-order valence-electron chi connectivity index (χ0n) is 12.6. The van der Waals surface area contributed by atoms with Gasteiger partial charge in [0.1, 0.15) is 5.82 Å². The van der Waals surface area contributed by atoms with E-state index in [0.29, 0.717) is 6.54 Å². The number of aromatic nitrogens is 2. The molecule has 1 aromatic carbocycles. The van der Waals surface area contributed by atoms with E-state index in [2.05, 4.69) is 10.4 Å². The van der Waals surface area contributed by atoms with Crippen molar-refractivity contribution in [1.29, 1.82) is 0 Å². The summed E-state index contributed by atoms with van der Waals surface area (Å²) in [5, 5.41) is 7.75.